The zero-order valence-corrected chi connectivity index (χ0v) is 10.7. The lowest BCUT2D eigenvalue weighted by molar-refractivity contribution is -0.139. The molecular weight excluding hydrogens is 248 g/mol. The Morgan fingerprint density at radius 1 is 1.44 bits per heavy atom. The van der Waals surface area contributed by atoms with Gasteiger partial charge in [-0.15, -0.1) is 11.3 Å². The highest BCUT2D eigenvalue weighted by atomic mass is 32.1. The van der Waals surface area contributed by atoms with Crippen LogP contribution in [0, 0.1) is 5.92 Å². The molecular formula is C13H14N2O2S. The fraction of sp³-hybridized carbons (Fsp3) is 0.385. The largest absolute Gasteiger partial charge is 0.481 e. The van der Waals surface area contributed by atoms with Gasteiger partial charge in [0.15, 0.2) is 0 Å². The average molecular weight is 262 g/mol. The van der Waals surface area contributed by atoms with Gasteiger partial charge in [0.25, 0.3) is 0 Å². The van der Waals surface area contributed by atoms with Crippen molar-refractivity contribution in [3.8, 4) is 0 Å². The molecule has 0 radical (unpaired) electrons. The van der Waals surface area contributed by atoms with Gasteiger partial charge in [0.05, 0.1) is 23.2 Å². The second kappa shape index (κ2) is 4.66. The topological polar surface area (TPSA) is 53.4 Å². The average Bonchev–Trinajstić information content (AvgIpc) is 2.67. The predicted octanol–water partition coefficient (Wildman–Crippen LogP) is 2.20. The Labute approximate surface area is 109 Å². The molecule has 5 heteroatoms. The van der Waals surface area contributed by atoms with Crippen molar-refractivity contribution in [1.29, 1.82) is 0 Å². The molecule has 1 aliphatic heterocycles. The Bertz CT molecular complexity index is 542. The number of aromatic nitrogens is 1. The monoisotopic (exact) mass is 262 g/mol. The van der Waals surface area contributed by atoms with Gasteiger partial charge in [0, 0.05) is 13.1 Å². The van der Waals surface area contributed by atoms with Crippen LogP contribution in [-0.2, 0) is 11.3 Å². The second-order valence-corrected chi connectivity index (χ2v) is 5.85. The van der Waals surface area contributed by atoms with E-state index in [-0.39, 0.29) is 6.42 Å². The lowest BCUT2D eigenvalue weighted by atomic mass is 9.97. The van der Waals surface area contributed by atoms with Crippen molar-refractivity contribution in [2.24, 2.45) is 5.92 Å². The van der Waals surface area contributed by atoms with E-state index in [2.05, 4.69) is 16.0 Å². The number of rotatable bonds is 4. The molecule has 1 N–H and O–H groups in total. The molecule has 1 saturated heterocycles. The number of carboxylic acid groups (broad SMARTS) is 1. The van der Waals surface area contributed by atoms with Crippen LogP contribution in [-0.4, -0.2) is 34.0 Å². The summed E-state index contributed by atoms with van der Waals surface area (Å²) in [6.07, 6.45) is 0.288. The van der Waals surface area contributed by atoms with Crippen LogP contribution in [0.2, 0.25) is 0 Å². The third kappa shape index (κ3) is 2.37. The third-order valence-electron chi connectivity index (χ3n) is 3.19. The second-order valence-electron chi connectivity index (χ2n) is 4.73. The maximum absolute atomic E-state index is 10.6. The molecule has 1 fully saturated rings. The van der Waals surface area contributed by atoms with Crippen LogP contribution in [0.3, 0.4) is 0 Å². The van der Waals surface area contributed by atoms with Gasteiger partial charge in [-0.05, 0) is 18.1 Å². The molecule has 2 heterocycles. The minimum atomic E-state index is -0.695. The van der Waals surface area contributed by atoms with Gasteiger partial charge in [0.2, 0.25) is 0 Å². The number of carboxylic acids is 1. The molecule has 0 aliphatic carbocycles. The van der Waals surface area contributed by atoms with Gasteiger partial charge in [-0.25, -0.2) is 4.98 Å². The van der Waals surface area contributed by atoms with E-state index in [1.807, 2.05) is 18.2 Å². The summed E-state index contributed by atoms with van der Waals surface area (Å²) in [6, 6.07) is 8.13. The molecule has 1 aromatic carbocycles. The van der Waals surface area contributed by atoms with Gasteiger partial charge in [-0.1, -0.05) is 12.1 Å². The number of para-hydroxylation sites is 1. The van der Waals surface area contributed by atoms with E-state index in [0.29, 0.717) is 5.92 Å². The van der Waals surface area contributed by atoms with Crippen LogP contribution in [0.25, 0.3) is 10.2 Å². The molecule has 1 aromatic heterocycles. The normalized spacial score (nSPS) is 16.9. The van der Waals surface area contributed by atoms with Crippen LogP contribution in [0.5, 0.6) is 0 Å². The quantitative estimate of drug-likeness (QED) is 0.917. The summed E-state index contributed by atoms with van der Waals surface area (Å²) < 4.78 is 1.22. The van der Waals surface area contributed by atoms with Crippen molar-refractivity contribution in [2.75, 3.05) is 13.1 Å². The molecule has 2 aromatic rings. The van der Waals surface area contributed by atoms with E-state index in [4.69, 9.17) is 5.11 Å². The van der Waals surface area contributed by atoms with Gasteiger partial charge in [-0.2, -0.15) is 0 Å². The van der Waals surface area contributed by atoms with Crippen LogP contribution >= 0.6 is 11.3 Å². The Kier molecular flexibility index (Phi) is 3.01. The highest BCUT2D eigenvalue weighted by Gasteiger charge is 2.28. The molecule has 0 unspecified atom stereocenters. The zero-order chi connectivity index (χ0) is 12.5. The van der Waals surface area contributed by atoms with Gasteiger partial charge in [0.1, 0.15) is 5.01 Å². The molecule has 0 atom stereocenters. The number of hydrogen-bond donors (Lipinski definition) is 1. The van der Waals surface area contributed by atoms with Crippen LogP contribution < -0.4 is 0 Å². The summed E-state index contributed by atoms with van der Waals surface area (Å²) in [4.78, 5) is 17.4. The fourth-order valence-corrected chi connectivity index (χ4v) is 3.37. The third-order valence-corrected chi connectivity index (χ3v) is 4.21. The first-order chi connectivity index (χ1) is 8.70. The molecule has 0 amide bonds. The molecule has 18 heavy (non-hydrogen) atoms. The van der Waals surface area contributed by atoms with E-state index >= 15 is 0 Å². The number of nitrogens with zero attached hydrogens (tertiary/aromatic N) is 2. The van der Waals surface area contributed by atoms with Crippen LogP contribution in [0.15, 0.2) is 24.3 Å². The first kappa shape index (κ1) is 11.6. The van der Waals surface area contributed by atoms with E-state index < -0.39 is 5.97 Å². The van der Waals surface area contributed by atoms with Gasteiger partial charge < -0.3 is 5.11 Å². The van der Waals surface area contributed by atoms with Crippen LogP contribution in [0.1, 0.15) is 11.4 Å². The number of thiazole rings is 1. The van der Waals surface area contributed by atoms with E-state index in [1.54, 1.807) is 11.3 Å². The van der Waals surface area contributed by atoms with Crippen molar-refractivity contribution in [3.63, 3.8) is 0 Å². The SMILES string of the molecule is O=C(O)CC1CN(Cc2nc3ccccc3s2)C1. The van der Waals surface area contributed by atoms with Gasteiger partial charge in [-0.3, -0.25) is 9.69 Å². The number of benzene rings is 1. The maximum atomic E-state index is 10.6. The molecule has 3 rings (SSSR count). The number of carbonyl (C=O) groups is 1. The lowest BCUT2D eigenvalue weighted by Gasteiger charge is -2.37. The summed E-state index contributed by atoms with van der Waals surface area (Å²) in [6.45, 7) is 2.60. The van der Waals surface area contributed by atoms with Crippen molar-refractivity contribution < 1.29 is 9.90 Å². The molecule has 94 valence electrons. The number of aliphatic carboxylic acids is 1. The first-order valence-corrected chi connectivity index (χ1v) is 6.81. The Morgan fingerprint density at radius 3 is 2.94 bits per heavy atom. The smallest absolute Gasteiger partial charge is 0.303 e. The lowest BCUT2D eigenvalue weighted by Crippen LogP contribution is -2.46. The molecule has 4 nitrogen and oxygen atoms in total. The van der Waals surface area contributed by atoms with Crippen molar-refractivity contribution in [3.05, 3.63) is 29.3 Å². The molecule has 0 saturated carbocycles. The van der Waals surface area contributed by atoms with E-state index in [9.17, 15) is 4.79 Å². The Morgan fingerprint density at radius 2 is 2.22 bits per heavy atom. The number of hydrogen-bond acceptors (Lipinski definition) is 4. The standard InChI is InChI=1S/C13H14N2O2S/c16-13(17)5-9-6-15(7-9)8-12-14-10-3-1-2-4-11(10)18-12/h1-4,9H,5-8H2,(H,16,17). The van der Waals surface area contributed by atoms with Crippen molar-refractivity contribution >= 4 is 27.5 Å². The maximum Gasteiger partial charge on any atom is 0.303 e. The zero-order valence-electron chi connectivity index (χ0n) is 9.87. The van der Waals surface area contributed by atoms with Crippen LogP contribution in [0.4, 0.5) is 0 Å². The highest BCUT2D eigenvalue weighted by Crippen LogP contribution is 2.26. The summed E-state index contributed by atoms with van der Waals surface area (Å²) in [5.41, 5.74) is 1.06. The summed E-state index contributed by atoms with van der Waals surface area (Å²) in [5.74, 6) is -0.378. The number of fused-ring (bicyclic) bond motifs is 1. The fourth-order valence-electron chi connectivity index (χ4n) is 2.36. The highest BCUT2D eigenvalue weighted by molar-refractivity contribution is 7.18. The molecule has 1 aliphatic rings. The summed E-state index contributed by atoms with van der Waals surface area (Å²) >= 11 is 1.72. The minimum absolute atomic E-state index is 0.288. The van der Waals surface area contributed by atoms with Gasteiger partial charge >= 0.3 is 5.97 Å². The minimum Gasteiger partial charge on any atom is -0.481 e. The van der Waals surface area contributed by atoms with Crippen molar-refractivity contribution in [1.82, 2.24) is 9.88 Å². The van der Waals surface area contributed by atoms with Crippen molar-refractivity contribution in [2.45, 2.75) is 13.0 Å². The Balaban J connectivity index is 1.59. The predicted molar refractivity (Wildman–Crippen MR) is 70.6 cm³/mol. The molecule has 0 bridgehead atoms. The molecule has 0 spiro atoms. The van der Waals surface area contributed by atoms with E-state index in [0.717, 1.165) is 30.2 Å². The number of likely N-dealkylation sites (tertiary alicyclic amines) is 1. The summed E-state index contributed by atoms with van der Waals surface area (Å²) in [7, 11) is 0. The van der Waals surface area contributed by atoms with E-state index in [1.165, 1.54) is 4.70 Å². The Hall–Kier alpha value is -1.46. The summed E-state index contributed by atoms with van der Waals surface area (Å²) in [5, 5.41) is 9.81. The first-order valence-electron chi connectivity index (χ1n) is 5.99.